The Labute approximate surface area is 157 Å². The van der Waals surface area contributed by atoms with Gasteiger partial charge in [0.05, 0.1) is 39.8 Å². The van der Waals surface area contributed by atoms with E-state index < -0.39 is 11.7 Å². The molecule has 0 aliphatic heterocycles. The first kappa shape index (κ1) is 20.8. The molecule has 0 saturated heterocycles. The highest BCUT2D eigenvalue weighted by Crippen LogP contribution is 2.32. The van der Waals surface area contributed by atoms with Crippen molar-refractivity contribution in [2.24, 2.45) is 0 Å². The number of amides is 1. The monoisotopic (exact) mass is 381 g/mol. The number of hydrogen-bond acceptors (Lipinski definition) is 2. The Bertz CT molecular complexity index is 766. The highest BCUT2D eigenvalue weighted by Gasteiger charge is 2.32. The summed E-state index contributed by atoms with van der Waals surface area (Å²) in [6.45, 7) is 1.14. The second-order valence-electron chi connectivity index (χ2n) is 7.24. The van der Waals surface area contributed by atoms with E-state index in [1.165, 1.54) is 18.2 Å². The summed E-state index contributed by atoms with van der Waals surface area (Å²) in [5.74, 6) is 0.201. The zero-order valence-electron chi connectivity index (χ0n) is 15.6. The van der Waals surface area contributed by atoms with E-state index >= 15 is 0 Å². The molecule has 0 fully saturated rings. The van der Waals surface area contributed by atoms with Crippen LogP contribution in [0.1, 0.15) is 21.5 Å². The predicted molar refractivity (Wildman–Crippen MR) is 97.5 cm³/mol. The number of quaternary nitrogens is 1. The van der Waals surface area contributed by atoms with Crippen LogP contribution in [0.2, 0.25) is 0 Å². The van der Waals surface area contributed by atoms with Crippen LogP contribution in [0.4, 0.5) is 13.2 Å². The van der Waals surface area contributed by atoms with Crippen molar-refractivity contribution >= 4 is 5.91 Å². The summed E-state index contributed by atoms with van der Waals surface area (Å²) in [5.41, 5.74) is -0.176. The van der Waals surface area contributed by atoms with Crippen LogP contribution in [-0.2, 0) is 12.8 Å². The summed E-state index contributed by atoms with van der Waals surface area (Å²) in [6, 6.07) is 11.6. The Morgan fingerprint density at radius 2 is 1.67 bits per heavy atom. The zero-order chi connectivity index (χ0) is 20.1. The smallest absolute Gasteiger partial charge is 0.416 e. The van der Waals surface area contributed by atoms with Crippen molar-refractivity contribution in [3.63, 3.8) is 0 Å². The fourth-order valence-corrected chi connectivity index (χ4v) is 2.39. The van der Waals surface area contributed by atoms with Crippen LogP contribution in [0.3, 0.4) is 0 Å². The fraction of sp³-hybridized carbons (Fsp3) is 0.350. The molecule has 0 aromatic heterocycles. The van der Waals surface area contributed by atoms with Crippen LogP contribution in [0, 0.1) is 0 Å². The molecule has 1 amide bonds. The minimum Gasteiger partial charge on any atom is -0.489 e. The lowest BCUT2D eigenvalue weighted by Gasteiger charge is -2.23. The summed E-state index contributed by atoms with van der Waals surface area (Å²) in [5, 5.41) is 2.84. The lowest BCUT2D eigenvalue weighted by atomic mass is 10.1. The zero-order valence-corrected chi connectivity index (χ0v) is 15.6. The fourth-order valence-electron chi connectivity index (χ4n) is 2.39. The molecule has 2 rings (SSSR count). The summed E-state index contributed by atoms with van der Waals surface area (Å²) >= 11 is 0. The number of likely N-dealkylation sites (N-methyl/N-ethyl adjacent to an activating group) is 1. The van der Waals surface area contributed by atoms with Gasteiger partial charge in [-0.2, -0.15) is 13.2 Å². The molecule has 1 N–H and O–H groups in total. The highest BCUT2D eigenvalue weighted by atomic mass is 19.4. The standard InChI is InChI=1S/C20H23F3N2O2/c1-25(2,3)13-12-24-19(26)15-8-10-17(11-9-15)27-14-16-6-4-5-7-18(16)20(21,22)23/h4-11H,12-14H2,1-3H3/p+1. The largest absolute Gasteiger partial charge is 0.489 e. The van der Waals surface area contributed by atoms with E-state index in [0.717, 1.165) is 17.1 Å². The van der Waals surface area contributed by atoms with Crippen molar-refractivity contribution in [3.8, 4) is 5.75 Å². The van der Waals surface area contributed by atoms with Gasteiger partial charge in [0, 0.05) is 11.1 Å². The SMILES string of the molecule is C[N+](C)(C)CCNC(=O)c1ccc(OCc2ccccc2C(F)(F)F)cc1. The summed E-state index contributed by atoms with van der Waals surface area (Å²) in [4.78, 5) is 12.1. The number of carbonyl (C=O) groups excluding carboxylic acids is 1. The summed E-state index contributed by atoms with van der Waals surface area (Å²) in [6.07, 6.45) is -4.42. The third kappa shape index (κ3) is 6.60. The normalized spacial score (nSPS) is 11.9. The second-order valence-corrected chi connectivity index (χ2v) is 7.24. The van der Waals surface area contributed by atoms with E-state index in [1.807, 2.05) is 21.1 Å². The van der Waals surface area contributed by atoms with E-state index in [2.05, 4.69) is 5.32 Å². The number of rotatable bonds is 7. The molecule has 0 bridgehead atoms. The van der Waals surface area contributed by atoms with Crippen LogP contribution < -0.4 is 10.1 Å². The molecular formula is C20H24F3N2O2+. The topological polar surface area (TPSA) is 38.3 Å². The van der Waals surface area contributed by atoms with Crippen LogP contribution >= 0.6 is 0 Å². The molecule has 27 heavy (non-hydrogen) atoms. The number of alkyl halides is 3. The molecule has 0 saturated carbocycles. The van der Waals surface area contributed by atoms with Crippen molar-refractivity contribution in [2.75, 3.05) is 34.2 Å². The van der Waals surface area contributed by atoms with E-state index in [1.54, 1.807) is 24.3 Å². The van der Waals surface area contributed by atoms with Crippen molar-refractivity contribution in [2.45, 2.75) is 12.8 Å². The van der Waals surface area contributed by atoms with Crippen molar-refractivity contribution in [1.82, 2.24) is 5.32 Å². The quantitative estimate of drug-likeness (QED) is 0.743. The maximum absolute atomic E-state index is 13.0. The third-order valence-electron chi connectivity index (χ3n) is 3.90. The average Bonchev–Trinajstić information content (AvgIpc) is 2.58. The molecule has 0 atom stereocenters. The van der Waals surface area contributed by atoms with E-state index in [-0.39, 0.29) is 18.1 Å². The second kappa shape index (κ2) is 8.43. The van der Waals surface area contributed by atoms with Crippen molar-refractivity contribution in [3.05, 3.63) is 65.2 Å². The minimum atomic E-state index is -4.42. The summed E-state index contributed by atoms with van der Waals surface area (Å²) < 4.78 is 45.2. The van der Waals surface area contributed by atoms with Gasteiger partial charge in [0.2, 0.25) is 0 Å². The number of carbonyl (C=O) groups is 1. The van der Waals surface area contributed by atoms with Crippen LogP contribution in [-0.4, -0.2) is 44.6 Å². The Morgan fingerprint density at radius 3 is 2.26 bits per heavy atom. The molecule has 0 spiro atoms. The van der Waals surface area contributed by atoms with Gasteiger partial charge in [-0.15, -0.1) is 0 Å². The lowest BCUT2D eigenvalue weighted by Crippen LogP contribution is -2.41. The van der Waals surface area contributed by atoms with Gasteiger partial charge in [0.1, 0.15) is 12.4 Å². The number of benzene rings is 2. The summed E-state index contributed by atoms with van der Waals surface area (Å²) in [7, 11) is 6.11. The van der Waals surface area contributed by atoms with Gasteiger partial charge >= 0.3 is 6.18 Å². The molecule has 2 aromatic carbocycles. The number of ether oxygens (including phenoxy) is 1. The third-order valence-corrected chi connectivity index (χ3v) is 3.90. The first-order valence-electron chi connectivity index (χ1n) is 8.53. The maximum Gasteiger partial charge on any atom is 0.416 e. The molecule has 4 nitrogen and oxygen atoms in total. The predicted octanol–water partition coefficient (Wildman–Crippen LogP) is 3.72. The molecule has 2 aromatic rings. The number of nitrogens with one attached hydrogen (secondary N) is 1. The van der Waals surface area contributed by atoms with Crippen molar-refractivity contribution in [1.29, 1.82) is 0 Å². The van der Waals surface area contributed by atoms with E-state index in [4.69, 9.17) is 4.74 Å². The molecule has 7 heteroatoms. The van der Waals surface area contributed by atoms with Gasteiger partial charge in [-0.05, 0) is 30.3 Å². The average molecular weight is 381 g/mol. The van der Waals surface area contributed by atoms with Gasteiger partial charge in [0.15, 0.2) is 0 Å². The van der Waals surface area contributed by atoms with Gasteiger partial charge < -0.3 is 14.5 Å². The number of nitrogens with zero attached hydrogens (tertiary/aromatic N) is 1. The number of halogens is 3. The van der Waals surface area contributed by atoms with E-state index in [9.17, 15) is 18.0 Å². The first-order chi connectivity index (χ1) is 12.6. The Morgan fingerprint density at radius 1 is 1.04 bits per heavy atom. The molecule has 0 heterocycles. The molecule has 0 aliphatic carbocycles. The molecule has 0 unspecified atom stereocenters. The molecule has 0 radical (unpaired) electrons. The highest BCUT2D eigenvalue weighted by molar-refractivity contribution is 5.94. The van der Waals surface area contributed by atoms with E-state index in [0.29, 0.717) is 17.9 Å². The van der Waals surface area contributed by atoms with Gasteiger partial charge in [0.25, 0.3) is 5.91 Å². The lowest BCUT2D eigenvalue weighted by molar-refractivity contribution is -0.869. The first-order valence-corrected chi connectivity index (χ1v) is 8.53. The van der Waals surface area contributed by atoms with Gasteiger partial charge in [-0.25, -0.2) is 0 Å². The Hall–Kier alpha value is -2.54. The maximum atomic E-state index is 13.0. The van der Waals surface area contributed by atoms with Crippen LogP contribution in [0.5, 0.6) is 5.75 Å². The molecular weight excluding hydrogens is 357 g/mol. The van der Waals surface area contributed by atoms with Crippen molar-refractivity contribution < 1.29 is 27.2 Å². The van der Waals surface area contributed by atoms with Gasteiger partial charge in [-0.1, -0.05) is 18.2 Å². The molecule has 0 aliphatic rings. The van der Waals surface area contributed by atoms with Crippen LogP contribution in [0.25, 0.3) is 0 Å². The minimum absolute atomic E-state index is 0.0622. The number of hydrogen-bond donors (Lipinski definition) is 1. The van der Waals surface area contributed by atoms with Gasteiger partial charge in [-0.3, -0.25) is 4.79 Å². The Balaban J connectivity index is 1.94. The Kier molecular flexibility index (Phi) is 6.49. The molecule has 146 valence electrons. The van der Waals surface area contributed by atoms with Crippen LogP contribution in [0.15, 0.2) is 48.5 Å².